The molecule has 2 aromatic carbocycles. The summed E-state index contributed by atoms with van der Waals surface area (Å²) in [4.78, 5) is 0. The van der Waals surface area contributed by atoms with Crippen molar-refractivity contribution in [1.29, 1.82) is 5.26 Å². The first kappa shape index (κ1) is 13.1. The normalized spacial score (nSPS) is 11.6. The number of aliphatic hydroxyl groups excluding tert-OH is 1. The zero-order valence-corrected chi connectivity index (χ0v) is 10.1. The van der Waals surface area contributed by atoms with Crippen LogP contribution in [-0.2, 0) is 0 Å². The molecule has 2 aromatic rings. The van der Waals surface area contributed by atoms with Gasteiger partial charge in [-0.1, -0.05) is 30.3 Å². The largest absolute Gasteiger partial charge is 0.489 e. The fourth-order valence-electron chi connectivity index (χ4n) is 1.69. The van der Waals surface area contributed by atoms with Crippen molar-refractivity contribution in [1.82, 2.24) is 0 Å². The van der Waals surface area contributed by atoms with Gasteiger partial charge in [-0.2, -0.15) is 5.26 Å². The zero-order chi connectivity index (χ0) is 13.7. The van der Waals surface area contributed by atoms with Crippen molar-refractivity contribution in [3.63, 3.8) is 0 Å². The molecule has 2 rings (SSSR count). The number of ether oxygens (including phenoxy) is 1. The highest BCUT2D eigenvalue weighted by Gasteiger charge is 2.13. The van der Waals surface area contributed by atoms with Gasteiger partial charge in [-0.25, -0.2) is 4.39 Å². The molecule has 0 aliphatic rings. The summed E-state index contributed by atoms with van der Waals surface area (Å²) in [7, 11) is 0. The molecule has 0 bridgehead atoms. The Labute approximate surface area is 110 Å². The summed E-state index contributed by atoms with van der Waals surface area (Å²) in [5, 5.41) is 18.8. The molecule has 0 aliphatic carbocycles. The summed E-state index contributed by atoms with van der Waals surface area (Å²) in [5.41, 5.74) is 0.556. The summed E-state index contributed by atoms with van der Waals surface area (Å²) in [6.07, 6.45) is -1.08. The van der Waals surface area contributed by atoms with Crippen LogP contribution in [0.1, 0.15) is 17.2 Å². The molecule has 19 heavy (non-hydrogen) atoms. The van der Waals surface area contributed by atoms with Crippen molar-refractivity contribution in [3.8, 4) is 11.8 Å². The average Bonchev–Trinajstić information content (AvgIpc) is 2.45. The topological polar surface area (TPSA) is 53.2 Å². The molecule has 0 amide bonds. The monoisotopic (exact) mass is 257 g/mol. The number of para-hydroxylation sites is 1. The third-order valence-electron chi connectivity index (χ3n) is 2.67. The van der Waals surface area contributed by atoms with Gasteiger partial charge in [0.2, 0.25) is 0 Å². The third kappa shape index (κ3) is 3.09. The van der Waals surface area contributed by atoms with Gasteiger partial charge in [0.05, 0.1) is 5.56 Å². The predicted octanol–water partition coefficient (Wildman–Crippen LogP) is 2.81. The molecule has 0 saturated heterocycles. The van der Waals surface area contributed by atoms with Crippen molar-refractivity contribution in [2.75, 3.05) is 6.61 Å². The van der Waals surface area contributed by atoms with Gasteiger partial charge in [0.15, 0.2) is 0 Å². The molecule has 0 aromatic heterocycles. The number of hydrogen-bond acceptors (Lipinski definition) is 3. The second-order valence-corrected chi connectivity index (χ2v) is 3.96. The van der Waals surface area contributed by atoms with Gasteiger partial charge in [0.1, 0.15) is 30.3 Å². The predicted molar refractivity (Wildman–Crippen MR) is 68.0 cm³/mol. The Kier molecular flexibility index (Phi) is 4.11. The maximum absolute atomic E-state index is 13.4. The fraction of sp³-hybridized carbons (Fsp3) is 0.133. The molecule has 0 spiro atoms. The maximum atomic E-state index is 13.4. The van der Waals surface area contributed by atoms with E-state index in [1.165, 1.54) is 12.1 Å². The van der Waals surface area contributed by atoms with Gasteiger partial charge in [-0.05, 0) is 18.2 Å². The maximum Gasteiger partial charge on any atom is 0.137 e. The van der Waals surface area contributed by atoms with Gasteiger partial charge in [-0.15, -0.1) is 0 Å². The van der Waals surface area contributed by atoms with Crippen LogP contribution in [0.3, 0.4) is 0 Å². The molecule has 1 atom stereocenters. The molecule has 96 valence electrons. The van der Waals surface area contributed by atoms with Crippen molar-refractivity contribution in [3.05, 3.63) is 65.5 Å². The van der Waals surface area contributed by atoms with Crippen LogP contribution in [0.25, 0.3) is 0 Å². The van der Waals surface area contributed by atoms with Crippen LogP contribution >= 0.6 is 0 Å². The molecular weight excluding hydrogens is 245 g/mol. The van der Waals surface area contributed by atoms with Crippen LogP contribution in [0.4, 0.5) is 4.39 Å². The molecule has 0 heterocycles. The molecule has 4 heteroatoms. The summed E-state index contributed by atoms with van der Waals surface area (Å²) in [5.74, 6) is -0.104. The Morgan fingerprint density at radius 2 is 1.84 bits per heavy atom. The third-order valence-corrected chi connectivity index (χ3v) is 2.67. The smallest absolute Gasteiger partial charge is 0.137 e. The number of benzene rings is 2. The minimum atomic E-state index is -1.08. The van der Waals surface area contributed by atoms with Crippen LogP contribution in [-0.4, -0.2) is 11.7 Å². The summed E-state index contributed by atoms with van der Waals surface area (Å²) in [6, 6.07) is 14.7. The highest BCUT2D eigenvalue weighted by molar-refractivity contribution is 5.42. The van der Waals surface area contributed by atoms with Crippen molar-refractivity contribution >= 4 is 0 Å². The molecule has 0 saturated carbocycles. The molecule has 1 N–H and O–H groups in total. The Morgan fingerprint density at radius 1 is 1.16 bits per heavy atom. The summed E-state index contributed by atoms with van der Waals surface area (Å²) >= 11 is 0. The van der Waals surface area contributed by atoms with Crippen LogP contribution in [0.5, 0.6) is 5.75 Å². The van der Waals surface area contributed by atoms with E-state index in [1.807, 2.05) is 6.07 Å². The van der Waals surface area contributed by atoms with Gasteiger partial charge in [-0.3, -0.25) is 0 Å². The van der Waals surface area contributed by atoms with E-state index in [2.05, 4.69) is 0 Å². The second kappa shape index (κ2) is 5.98. The van der Waals surface area contributed by atoms with Crippen LogP contribution in [0.15, 0.2) is 48.5 Å². The Morgan fingerprint density at radius 3 is 2.58 bits per heavy atom. The standard InChI is InChI=1S/C15H12FNO2/c16-13-7-3-2-6-12(13)14(18)10-19-15-8-4-1-5-11(15)9-17/h1-8,14,18H,10H2/t14-/m1/s1. The number of rotatable bonds is 4. The van der Waals surface area contributed by atoms with Crippen molar-refractivity contribution in [2.24, 2.45) is 0 Å². The first-order valence-corrected chi connectivity index (χ1v) is 5.77. The highest BCUT2D eigenvalue weighted by atomic mass is 19.1. The molecule has 3 nitrogen and oxygen atoms in total. The minimum Gasteiger partial charge on any atom is -0.489 e. The van der Waals surface area contributed by atoms with Crippen molar-refractivity contribution in [2.45, 2.75) is 6.10 Å². The lowest BCUT2D eigenvalue weighted by molar-refractivity contribution is 0.105. The summed E-state index contributed by atoms with van der Waals surface area (Å²) in [6.45, 7) is -0.111. The van der Waals surface area contributed by atoms with E-state index < -0.39 is 11.9 Å². The van der Waals surface area contributed by atoms with Crippen LogP contribution in [0.2, 0.25) is 0 Å². The van der Waals surface area contributed by atoms with E-state index in [-0.39, 0.29) is 12.2 Å². The lowest BCUT2D eigenvalue weighted by atomic mass is 10.1. The van der Waals surface area contributed by atoms with E-state index in [1.54, 1.807) is 36.4 Å². The molecular formula is C15H12FNO2. The van der Waals surface area contributed by atoms with Gasteiger partial charge in [0.25, 0.3) is 0 Å². The van der Waals surface area contributed by atoms with E-state index in [4.69, 9.17) is 10.00 Å². The van der Waals surface area contributed by atoms with Gasteiger partial charge >= 0.3 is 0 Å². The minimum absolute atomic E-state index is 0.111. The highest BCUT2D eigenvalue weighted by Crippen LogP contribution is 2.21. The number of halogens is 1. The van der Waals surface area contributed by atoms with Gasteiger partial charge < -0.3 is 9.84 Å². The Hall–Kier alpha value is -2.38. The zero-order valence-electron chi connectivity index (χ0n) is 10.1. The Bertz CT molecular complexity index is 607. The van der Waals surface area contributed by atoms with Crippen molar-refractivity contribution < 1.29 is 14.2 Å². The SMILES string of the molecule is N#Cc1ccccc1OC[C@@H](O)c1ccccc1F. The quantitative estimate of drug-likeness (QED) is 0.916. The first-order valence-electron chi connectivity index (χ1n) is 5.77. The van der Waals surface area contributed by atoms with Crippen LogP contribution < -0.4 is 4.74 Å². The molecule has 0 unspecified atom stereocenters. The number of aliphatic hydroxyl groups is 1. The lowest BCUT2D eigenvalue weighted by Gasteiger charge is -2.13. The molecule has 0 radical (unpaired) electrons. The number of nitriles is 1. The fourth-order valence-corrected chi connectivity index (χ4v) is 1.69. The van der Waals surface area contributed by atoms with E-state index in [9.17, 15) is 9.50 Å². The lowest BCUT2D eigenvalue weighted by Crippen LogP contribution is -2.11. The number of hydrogen-bond donors (Lipinski definition) is 1. The van der Waals surface area contributed by atoms with Crippen LogP contribution in [0, 0.1) is 17.1 Å². The Balaban J connectivity index is 2.07. The number of nitrogens with zero attached hydrogens (tertiary/aromatic N) is 1. The molecule has 0 aliphatic heterocycles. The second-order valence-electron chi connectivity index (χ2n) is 3.96. The van der Waals surface area contributed by atoms with Gasteiger partial charge in [0, 0.05) is 5.56 Å². The first-order chi connectivity index (χ1) is 9.22. The average molecular weight is 257 g/mol. The van der Waals surface area contributed by atoms with E-state index in [0.717, 1.165) is 0 Å². The molecule has 0 fully saturated rings. The summed E-state index contributed by atoms with van der Waals surface area (Å²) < 4.78 is 18.8. The van der Waals surface area contributed by atoms with E-state index in [0.29, 0.717) is 11.3 Å². The van der Waals surface area contributed by atoms with E-state index >= 15 is 0 Å².